The van der Waals surface area contributed by atoms with E-state index < -0.39 is 8.32 Å². The molecule has 0 spiro atoms. The van der Waals surface area contributed by atoms with Gasteiger partial charge in [0.05, 0.1) is 19.0 Å². The molecule has 0 aromatic heterocycles. The SMILES string of the molecule is COC(=O)CC[C@@H](C)C1CCC2C3C(O[Si](C)(C)C)=C[C@@H]4C[C@H](O)CC[C@]4(C)C3CC[C@@]21C. The van der Waals surface area contributed by atoms with E-state index in [1.54, 1.807) is 0 Å². The molecule has 188 valence electrons. The maximum Gasteiger partial charge on any atom is 0.305 e. The molecule has 0 radical (unpaired) electrons. The quantitative estimate of drug-likeness (QED) is 0.349. The monoisotopic (exact) mass is 476 g/mol. The van der Waals surface area contributed by atoms with E-state index >= 15 is 0 Å². The number of hydrogen-bond acceptors (Lipinski definition) is 4. The third kappa shape index (κ3) is 4.58. The van der Waals surface area contributed by atoms with Crippen molar-refractivity contribution in [3.05, 3.63) is 11.8 Å². The molecular weight excluding hydrogens is 428 g/mol. The first-order valence-electron chi connectivity index (χ1n) is 13.5. The van der Waals surface area contributed by atoms with E-state index in [0.29, 0.717) is 47.3 Å². The van der Waals surface area contributed by atoms with Crippen LogP contribution in [0.3, 0.4) is 0 Å². The summed E-state index contributed by atoms with van der Waals surface area (Å²) in [6, 6.07) is 0. The standard InChI is InChI=1S/C28H48O4Si/c1-18(8-11-25(30)31-4)21-9-10-22-26-23(13-15-28(21,22)3)27(2)14-12-20(29)16-19(27)17-24(26)32-33(5,6)7/h17-23,26,29H,8-16H2,1-7H3/t18-,19+,20-,21?,22?,23?,26?,27+,28-/m1/s1. The highest BCUT2D eigenvalue weighted by Gasteiger charge is 2.62. The molecule has 4 aliphatic carbocycles. The Morgan fingerprint density at radius 1 is 1.12 bits per heavy atom. The van der Waals surface area contributed by atoms with Crippen LogP contribution in [0.4, 0.5) is 0 Å². The Morgan fingerprint density at radius 2 is 1.79 bits per heavy atom. The van der Waals surface area contributed by atoms with Crippen molar-refractivity contribution in [2.75, 3.05) is 7.11 Å². The first-order chi connectivity index (χ1) is 15.4. The van der Waals surface area contributed by atoms with E-state index in [9.17, 15) is 9.90 Å². The van der Waals surface area contributed by atoms with Crippen LogP contribution in [0.1, 0.15) is 78.6 Å². The number of aliphatic hydroxyl groups is 1. The number of methoxy groups -OCH3 is 1. The largest absolute Gasteiger partial charge is 0.547 e. The fraction of sp³-hybridized carbons (Fsp3) is 0.893. The van der Waals surface area contributed by atoms with E-state index in [-0.39, 0.29) is 17.5 Å². The molecule has 0 amide bonds. The van der Waals surface area contributed by atoms with E-state index in [0.717, 1.165) is 25.7 Å². The zero-order valence-corrected chi connectivity index (χ0v) is 23.2. The summed E-state index contributed by atoms with van der Waals surface area (Å²) in [5, 5.41) is 10.5. The van der Waals surface area contributed by atoms with Crippen LogP contribution in [0.25, 0.3) is 0 Å². The molecule has 0 saturated heterocycles. The molecule has 3 fully saturated rings. The van der Waals surface area contributed by atoms with Gasteiger partial charge in [0.1, 0.15) is 0 Å². The normalized spacial score (nSPS) is 43.6. The van der Waals surface area contributed by atoms with Crippen molar-refractivity contribution in [1.29, 1.82) is 0 Å². The average molecular weight is 477 g/mol. The lowest BCUT2D eigenvalue weighted by Crippen LogP contribution is -2.54. The highest BCUT2D eigenvalue weighted by Crippen LogP contribution is 2.68. The maximum absolute atomic E-state index is 11.8. The van der Waals surface area contributed by atoms with Crippen LogP contribution in [0, 0.1) is 46.3 Å². The molecule has 0 aliphatic heterocycles. The first-order valence-corrected chi connectivity index (χ1v) is 17.0. The molecule has 9 atom stereocenters. The van der Waals surface area contributed by atoms with Crippen LogP contribution in [0.2, 0.25) is 19.6 Å². The minimum atomic E-state index is -1.74. The average Bonchev–Trinajstić information content (AvgIpc) is 3.09. The highest BCUT2D eigenvalue weighted by atomic mass is 28.4. The van der Waals surface area contributed by atoms with Gasteiger partial charge in [-0.3, -0.25) is 4.79 Å². The number of carbonyl (C=O) groups excluding carboxylic acids is 1. The predicted molar refractivity (Wildman–Crippen MR) is 135 cm³/mol. The van der Waals surface area contributed by atoms with Crippen molar-refractivity contribution in [2.45, 2.75) is 104 Å². The number of aliphatic hydroxyl groups excluding tert-OH is 1. The summed E-state index contributed by atoms with van der Waals surface area (Å²) in [7, 11) is -0.243. The topological polar surface area (TPSA) is 55.8 Å². The van der Waals surface area contributed by atoms with Crippen molar-refractivity contribution in [3.63, 3.8) is 0 Å². The molecule has 4 rings (SSSR count). The summed E-state index contributed by atoms with van der Waals surface area (Å²) in [5.41, 5.74) is 0.599. The van der Waals surface area contributed by atoms with Gasteiger partial charge in [-0.15, -0.1) is 0 Å². The predicted octanol–water partition coefficient (Wildman–Crippen LogP) is 6.55. The molecular formula is C28H48O4Si. The lowest BCUT2D eigenvalue weighted by molar-refractivity contribution is -0.141. The molecule has 4 unspecified atom stereocenters. The van der Waals surface area contributed by atoms with Crippen LogP contribution in [0.5, 0.6) is 0 Å². The number of rotatable bonds is 6. The summed E-state index contributed by atoms with van der Waals surface area (Å²) >= 11 is 0. The Morgan fingerprint density at radius 3 is 2.45 bits per heavy atom. The molecule has 4 aliphatic rings. The smallest absolute Gasteiger partial charge is 0.305 e. The second-order valence-corrected chi connectivity index (χ2v) is 17.8. The Bertz CT molecular complexity index is 772. The Hall–Kier alpha value is -0.813. The summed E-state index contributed by atoms with van der Waals surface area (Å²) in [6.45, 7) is 14.4. The van der Waals surface area contributed by atoms with Gasteiger partial charge in [0.25, 0.3) is 0 Å². The van der Waals surface area contributed by atoms with Gasteiger partial charge in [-0.2, -0.15) is 0 Å². The summed E-state index contributed by atoms with van der Waals surface area (Å²) in [5.74, 6) is 4.69. The van der Waals surface area contributed by atoms with Crippen molar-refractivity contribution in [1.82, 2.24) is 0 Å². The van der Waals surface area contributed by atoms with Crippen LogP contribution in [0.15, 0.2) is 11.8 Å². The van der Waals surface area contributed by atoms with Gasteiger partial charge in [-0.05, 0) is 118 Å². The highest BCUT2D eigenvalue weighted by molar-refractivity contribution is 6.70. The third-order valence-corrected chi connectivity index (χ3v) is 11.3. The van der Waals surface area contributed by atoms with Gasteiger partial charge < -0.3 is 14.3 Å². The molecule has 0 aromatic rings. The second-order valence-electron chi connectivity index (χ2n) is 13.4. The lowest BCUT2D eigenvalue weighted by atomic mass is 9.46. The minimum Gasteiger partial charge on any atom is -0.547 e. The van der Waals surface area contributed by atoms with Gasteiger partial charge in [0.15, 0.2) is 0 Å². The number of fused-ring (bicyclic) bond motifs is 5. The maximum atomic E-state index is 11.8. The van der Waals surface area contributed by atoms with Crippen molar-refractivity contribution >= 4 is 14.3 Å². The minimum absolute atomic E-state index is 0.0789. The molecule has 0 heterocycles. The molecule has 0 bridgehead atoms. The fourth-order valence-corrected chi connectivity index (χ4v) is 9.64. The number of esters is 1. The summed E-state index contributed by atoms with van der Waals surface area (Å²) in [6.07, 6.45) is 11.9. The second kappa shape index (κ2) is 9.00. The van der Waals surface area contributed by atoms with Crippen molar-refractivity contribution in [2.24, 2.45) is 46.3 Å². The number of hydrogen-bond donors (Lipinski definition) is 1. The van der Waals surface area contributed by atoms with Crippen LogP contribution in [-0.2, 0) is 14.0 Å². The van der Waals surface area contributed by atoms with Gasteiger partial charge in [-0.25, -0.2) is 0 Å². The van der Waals surface area contributed by atoms with E-state index in [4.69, 9.17) is 9.16 Å². The summed E-state index contributed by atoms with van der Waals surface area (Å²) in [4.78, 5) is 11.8. The molecule has 1 N–H and O–H groups in total. The fourth-order valence-electron chi connectivity index (χ4n) is 8.73. The van der Waals surface area contributed by atoms with E-state index in [2.05, 4.69) is 46.5 Å². The Labute approximate surface area is 203 Å². The Balaban J connectivity index is 1.64. The lowest BCUT2D eigenvalue weighted by Gasteiger charge is -2.60. The summed E-state index contributed by atoms with van der Waals surface area (Å²) < 4.78 is 11.8. The molecule has 0 aromatic carbocycles. The van der Waals surface area contributed by atoms with E-state index in [1.807, 2.05) is 0 Å². The molecule has 5 heteroatoms. The molecule has 3 saturated carbocycles. The zero-order valence-electron chi connectivity index (χ0n) is 22.2. The van der Waals surface area contributed by atoms with Gasteiger partial charge in [0, 0.05) is 12.3 Å². The van der Waals surface area contributed by atoms with Gasteiger partial charge in [0.2, 0.25) is 8.32 Å². The van der Waals surface area contributed by atoms with Crippen LogP contribution < -0.4 is 0 Å². The first kappa shape index (κ1) is 25.3. The number of allylic oxidation sites excluding steroid dienone is 2. The van der Waals surface area contributed by atoms with Crippen molar-refractivity contribution in [3.8, 4) is 0 Å². The Kier molecular flexibility index (Phi) is 6.90. The van der Waals surface area contributed by atoms with Crippen LogP contribution >= 0.6 is 0 Å². The third-order valence-electron chi connectivity index (χ3n) is 10.4. The molecule has 33 heavy (non-hydrogen) atoms. The molecule has 4 nitrogen and oxygen atoms in total. The van der Waals surface area contributed by atoms with E-state index in [1.165, 1.54) is 38.6 Å². The van der Waals surface area contributed by atoms with Crippen molar-refractivity contribution < 1.29 is 19.1 Å². The zero-order chi connectivity index (χ0) is 24.2. The van der Waals surface area contributed by atoms with Crippen LogP contribution in [-0.4, -0.2) is 32.6 Å². The number of ether oxygens (including phenoxy) is 1. The van der Waals surface area contributed by atoms with Gasteiger partial charge in [-0.1, -0.05) is 20.8 Å². The number of carbonyl (C=O) groups is 1. The van der Waals surface area contributed by atoms with Gasteiger partial charge >= 0.3 is 5.97 Å².